The van der Waals surface area contributed by atoms with Crippen molar-refractivity contribution in [2.75, 3.05) is 19.5 Å². The molecule has 0 aliphatic heterocycles. The highest BCUT2D eigenvalue weighted by atomic mass is 16.5. The van der Waals surface area contributed by atoms with Crippen molar-refractivity contribution >= 4 is 5.95 Å². The zero-order valence-electron chi connectivity index (χ0n) is 12.0. The number of nitrogens with two attached hydrogens (primary N) is 1. The number of nitrogens with zero attached hydrogens (tertiary/aromatic N) is 2. The molecule has 0 saturated carbocycles. The summed E-state index contributed by atoms with van der Waals surface area (Å²) in [6, 6.07) is 7.90. The lowest BCUT2D eigenvalue weighted by molar-refractivity contribution is 0.323. The topological polar surface area (TPSA) is 70.3 Å². The van der Waals surface area contributed by atoms with E-state index in [9.17, 15) is 0 Å². The summed E-state index contributed by atoms with van der Waals surface area (Å²) >= 11 is 0. The third kappa shape index (κ3) is 3.17. The average Bonchev–Trinajstić information content (AvgIpc) is 2.43. The number of ether oxygens (including phenoxy) is 2. The molecule has 0 unspecified atom stereocenters. The molecule has 0 atom stereocenters. The molecule has 1 heterocycles. The molecule has 0 radical (unpaired) electrons. The van der Waals surface area contributed by atoms with Crippen LogP contribution >= 0.6 is 0 Å². The fraction of sp³-hybridized carbons (Fsp3) is 0.333. The predicted octanol–water partition coefficient (Wildman–Crippen LogP) is 2.37. The summed E-state index contributed by atoms with van der Waals surface area (Å²) in [7, 11) is 1.65. The SMILES string of the molecule is CCOc1nc(N)nc(C)c1Cc1ccc(OC)cc1. The molecular weight excluding hydrogens is 254 g/mol. The molecule has 0 bridgehead atoms. The monoisotopic (exact) mass is 273 g/mol. The lowest BCUT2D eigenvalue weighted by Crippen LogP contribution is -2.07. The highest BCUT2D eigenvalue weighted by Gasteiger charge is 2.12. The van der Waals surface area contributed by atoms with E-state index in [-0.39, 0.29) is 5.95 Å². The maximum absolute atomic E-state index is 5.67. The second kappa shape index (κ2) is 6.23. The molecule has 0 fully saturated rings. The van der Waals surface area contributed by atoms with Gasteiger partial charge in [-0.1, -0.05) is 12.1 Å². The molecule has 1 aromatic carbocycles. The fourth-order valence-electron chi connectivity index (χ4n) is 2.00. The van der Waals surface area contributed by atoms with E-state index in [0.29, 0.717) is 18.9 Å². The van der Waals surface area contributed by atoms with Crippen LogP contribution in [-0.2, 0) is 6.42 Å². The number of aromatic nitrogens is 2. The summed E-state index contributed by atoms with van der Waals surface area (Å²) in [6.45, 7) is 4.38. The van der Waals surface area contributed by atoms with E-state index in [1.54, 1.807) is 7.11 Å². The molecule has 1 aromatic heterocycles. The molecule has 0 saturated heterocycles. The zero-order chi connectivity index (χ0) is 14.5. The number of hydrogen-bond donors (Lipinski definition) is 1. The van der Waals surface area contributed by atoms with E-state index in [2.05, 4.69) is 9.97 Å². The molecule has 106 valence electrons. The van der Waals surface area contributed by atoms with E-state index < -0.39 is 0 Å². The molecule has 0 aliphatic rings. The maximum atomic E-state index is 5.67. The van der Waals surface area contributed by atoms with Gasteiger partial charge in [0.15, 0.2) is 0 Å². The van der Waals surface area contributed by atoms with Crippen molar-refractivity contribution in [3.63, 3.8) is 0 Å². The summed E-state index contributed by atoms with van der Waals surface area (Å²) in [6.07, 6.45) is 0.700. The first-order valence-electron chi connectivity index (χ1n) is 6.52. The Morgan fingerprint density at radius 1 is 1.15 bits per heavy atom. The van der Waals surface area contributed by atoms with Crippen LogP contribution in [0.5, 0.6) is 11.6 Å². The summed E-state index contributed by atoms with van der Waals surface area (Å²) in [5.41, 5.74) is 8.62. The Bertz CT molecular complexity index is 582. The largest absolute Gasteiger partial charge is 0.497 e. The second-order valence-corrected chi connectivity index (χ2v) is 4.41. The van der Waals surface area contributed by atoms with Gasteiger partial charge in [0.2, 0.25) is 11.8 Å². The third-order valence-corrected chi connectivity index (χ3v) is 3.01. The van der Waals surface area contributed by atoms with E-state index in [1.807, 2.05) is 38.1 Å². The van der Waals surface area contributed by atoms with E-state index >= 15 is 0 Å². The number of nitrogen functional groups attached to an aromatic ring is 1. The smallest absolute Gasteiger partial charge is 0.223 e. The van der Waals surface area contributed by atoms with Crippen molar-refractivity contribution in [2.24, 2.45) is 0 Å². The van der Waals surface area contributed by atoms with Gasteiger partial charge in [0.1, 0.15) is 5.75 Å². The Kier molecular flexibility index (Phi) is 4.40. The number of methoxy groups -OCH3 is 1. The Morgan fingerprint density at radius 2 is 1.85 bits per heavy atom. The summed E-state index contributed by atoms with van der Waals surface area (Å²) in [5, 5.41) is 0. The molecule has 20 heavy (non-hydrogen) atoms. The van der Waals surface area contributed by atoms with Crippen LogP contribution in [0, 0.1) is 6.92 Å². The van der Waals surface area contributed by atoms with Crippen molar-refractivity contribution < 1.29 is 9.47 Å². The van der Waals surface area contributed by atoms with Crippen LogP contribution < -0.4 is 15.2 Å². The number of hydrogen-bond acceptors (Lipinski definition) is 5. The van der Waals surface area contributed by atoms with E-state index in [1.165, 1.54) is 0 Å². The van der Waals surface area contributed by atoms with Gasteiger partial charge in [0.05, 0.1) is 19.4 Å². The quantitative estimate of drug-likeness (QED) is 0.905. The van der Waals surface area contributed by atoms with Crippen LogP contribution in [0.25, 0.3) is 0 Å². The Balaban J connectivity index is 2.31. The van der Waals surface area contributed by atoms with Crippen LogP contribution in [0.1, 0.15) is 23.7 Å². The first-order chi connectivity index (χ1) is 9.63. The Hall–Kier alpha value is -2.30. The number of anilines is 1. The lowest BCUT2D eigenvalue weighted by Gasteiger charge is -2.12. The molecule has 0 amide bonds. The molecule has 0 aliphatic carbocycles. The van der Waals surface area contributed by atoms with Gasteiger partial charge in [0, 0.05) is 12.0 Å². The Labute approximate surface area is 118 Å². The Morgan fingerprint density at radius 3 is 2.45 bits per heavy atom. The first kappa shape index (κ1) is 14.1. The van der Waals surface area contributed by atoms with Crippen molar-refractivity contribution in [1.82, 2.24) is 9.97 Å². The van der Waals surface area contributed by atoms with Crippen molar-refractivity contribution in [3.8, 4) is 11.6 Å². The zero-order valence-corrected chi connectivity index (χ0v) is 12.0. The minimum atomic E-state index is 0.240. The van der Waals surface area contributed by atoms with Gasteiger partial charge < -0.3 is 15.2 Å². The average molecular weight is 273 g/mol. The molecule has 0 spiro atoms. The standard InChI is InChI=1S/C15H19N3O2/c1-4-20-14-13(10(2)17-15(16)18-14)9-11-5-7-12(19-3)8-6-11/h5-8H,4,9H2,1-3H3,(H2,16,17,18). The molecule has 5 nitrogen and oxygen atoms in total. The van der Waals surface area contributed by atoms with Gasteiger partial charge in [-0.25, -0.2) is 4.98 Å². The normalized spacial score (nSPS) is 10.3. The van der Waals surface area contributed by atoms with Crippen molar-refractivity contribution in [2.45, 2.75) is 20.3 Å². The van der Waals surface area contributed by atoms with Gasteiger partial charge in [-0.2, -0.15) is 4.98 Å². The fourth-order valence-corrected chi connectivity index (χ4v) is 2.00. The lowest BCUT2D eigenvalue weighted by atomic mass is 10.0. The third-order valence-electron chi connectivity index (χ3n) is 3.01. The molecule has 2 N–H and O–H groups in total. The van der Waals surface area contributed by atoms with Crippen molar-refractivity contribution in [3.05, 3.63) is 41.1 Å². The predicted molar refractivity (Wildman–Crippen MR) is 78.2 cm³/mol. The van der Waals surface area contributed by atoms with Gasteiger partial charge in [-0.05, 0) is 31.5 Å². The van der Waals surface area contributed by atoms with E-state index in [4.69, 9.17) is 15.2 Å². The molecule has 5 heteroatoms. The van der Waals surface area contributed by atoms with Crippen molar-refractivity contribution in [1.29, 1.82) is 0 Å². The summed E-state index contributed by atoms with van der Waals surface area (Å²) < 4.78 is 10.7. The highest BCUT2D eigenvalue weighted by Crippen LogP contribution is 2.24. The van der Waals surface area contributed by atoms with Gasteiger partial charge in [-0.3, -0.25) is 0 Å². The maximum Gasteiger partial charge on any atom is 0.223 e. The van der Waals surface area contributed by atoms with Gasteiger partial charge >= 0.3 is 0 Å². The second-order valence-electron chi connectivity index (χ2n) is 4.41. The number of benzene rings is 1. The molecule has 2 rings (SSSR count). The summed E-state index contributed by atoms with van der Waals surface area (Å²) in [4.78, 5) is 8.38. The van der Waals surface area contributed by atoms with Crippen LogP contribution in [0.4, 0.5) is 5.95 Å². The molecular formula is C15H19N3O2. The van der Waals surface area contributed by atoms with Crippen LogP contribution in [0.2, 0.25) is 0 Å². The minimum Gasteiger partial charge on any atom is -0.497 e. The molecule has 2 aromatic rings. The van der Waals surface area contributed by atoms with Gasteiger partial charge in [-0.15, -0.1) is 0 Å². The van der Waals surface area contributed by atoms with Gasteiger partial charge in [0.25, 0.3) is 0 Å². The summed E-state index contributed by atoms with van der Waals surface area (Å²) in [5.74, 6) is 1.64. The van der Waals surface area contributed by atoms with Crippen LogP contribution in [0.15, 0.2) is 24.3 Å². The van der Waals surface area contributed by atoms with Crippen LogP contribution in [0.3, 0.4) is 0 Å². The van der Waals surface area contributed by atoms with E-state index in [0.717, 1.165) is 22.6 Å². The number of aryl methyl sites for hydroxylation is 1. The minimum absolute atomic E-state index is 0.240. The highest BCUT2D eigenvalue weighted by molar-refractivity contribution is 5.40. The van der Waals surface area contributed by atoms with Crippen LogP contribution in [-0.4, -0.2) is 23.7 Å². The first-order valence-corrected chi connectivity index (χ1v) is 6.52. The number of rotatable bonds is 5.